The number of nitrogens with zero attached hydrogens (tertiary/aromatic N) is 6. The van der Waals surface area contributed by atoms with Crippen LogP contribution in [0.15, 0.2) is 64.9 Å². The van der Waals surface area contributed by atoms with Crippen LogP contribution in [0, 0.1) is 6.92 Å². The largest absolute Gasteiger partial charge is 0.612 e. The van der Waals surface area contributed by atoms with E-state index < -0.39 is 16.9 Å². The second-order valence-electron chi connectivity index (χ2n) is 11.3. The summed E-state index contributed by atoms with van der Waals surface area (Å²) in [6.45, 7) is 14.5. The predicted octanol–water partition coefficient (Wildman–Crippen LogP) is 5.28. The number of halogens is 1. The summed E-state index contributed by atoms with van der Waals surface area (Å²) < 4.78 is 14.2. The van der Waals surface area contributed by atoms with Gasteiger partial charge in [-0.1, -0.05) is 44.2 Å². The van der Waals surface area contributed by atoms with Gasteiger partial charge in [0.2, 0.25) is 5.91 Å². The summed E-state index contributed by atoms with van der Waals surface area (Å²) in [7, 11) is 0. The van der Waals surface area contributed by atoms with Crippen molar-refractivity contribution in [2.45, 2.75) is 57.5 Å². The fraction of sp³-hybridized carbons (Fsp3) is 0.344. The summed E-state index contributed by atoms with van der Waals surface area (Å²) in [6.07, 6.45) is 4.67. The lowest BCUT2D eigenvalue weighted by Gasteiger charge is -2.44. The highest BCUT2D eigenvalue weighted by Crippen LogP contribution is 2.37. The van der Waals surface area contributed by atoms with Gasteiger partial charge in [-0.05, 0) is 73.8 Å². The standard InChI is InChI=1S/C32H35ClN6O3S/c1-8-26(40)37-16-21(6)38(17-20(37)5)30-23-15-24(33)28(22-11-9-10-12-25(22)43(7)42)35-31(23)39(32(41)36-30)29-19(4)13-14-34-27(29)18(2)3/h8-15,18,20-21H,1,16-17H2,2-7H3/t20-,21+,43?/m1/s1. The number of amides is 1. The summed E-state index contributed by atoms with van der Waals surface area (Å²) in [6, 6.07) is 10.6. The van der Waals surface area contributed by atoms with Crippen molar-refractivity contribution in [3.63, 3.8) is 0 Å². The molecule has 1 aliphatic heterocycles. The number of hydrogen-bond donors (Lipinski definition) is 0. The van der Waals surface area contributed by atoms with Crippen molar-refractivity contribution < 1.29 is 9.35 Å². The van der Waals surface area contributed by atoms with Gasteiger partial charge in [-0.15, -0.1) is 0 Å². The third-order valence-corrected chi connectivity index (χ3v) is 9.16. The first-order valence-electron chi connectivity index (χ1n) is 14.2. The number of piperazine rings is 1. The monoisotopic (exact) mass is 618 g/mol. The van der Waals surface area contributed by atoms with Gasteiger partial charge in [0.1, 0.15) is 12.1 Å². The molecule has 1 aliphatic rings. The highest BCUT2D eigenvalue weighted by molar-refractivity contribution is 7.90. The van der Waals surface area contributed by atoms with Gasteiger partial charge in [-0.2, -0.15) is 4.98 Å². The Bertz CT molecular complexity index is 1790. The second kappa shape index (κ2) is 12.1. The van der Waals surface area contributed by atoms with Gasteiger partial charge in [-0.25, -0.2) is 14.3 Å². The minimum Gasteiger partial charge on any atom is -0.612 e. The van der Waals surface area contributed by atoms with Crippen LogP contribution in [0.2, 0.25) is 5.02 Å². The van der Waals surface area contributed by atoms with Gasteiger partial charge < -0.3 is 14.4 Å². The number of benzene rings is 1. The molecule has 1 amide bonds. The Labute approximate surface area is 259 Å². The summed E-state index contributed by atoms with van der Waals surface area (Å²) in [5.41, 5.74) is 3.13. The first kappa shape index (κ1) is 30.7. The number of pyridine rings is 2. The lowest BCUT2D eigenvalue weighted by atomic mass is 10.0. The molecule has 1 saturated heterocycles. The number of aromatic nitrogens is 4. The van der Waals surface area contributed by atoms with E-state index >= 15 is 0 Å². The molecule has 0 N–H and O–H groups in total. The zero-order valence-electron chi connectivity index (χ0n) is 25.2. The normalized spacial score (nSPS) is 17.9. The fourth-order valence-electron chi connectivity index (χ4n) is 5.76. The molecule has 0 aliphatic carbocycles. The van der Waals surface area contributed by atoms with Gasteiger partial charge in [0.15, 0.2) is 10.5 Å². The number of aryl methyl sites for hydroxylation is 1. The van der Waals surface area contributed by atoms with E-state index in [1.54, 1.807) is 29.5 Å². The maximum Gasteiger partial charge on any atom is 0.355 e. The smallest absolute Gasteiger partial charge is 0.355 e. The topological polar surface area (TPSA) is 107 Å². The van der Waals surface area contributed by atoms with Crippen LogP contribution in [-0.4, -0.2) is 66.3 Å². The van der Waals surface area contributed by atoms with E-state index in [0.717, 1.165) is 11.3 Å². The average Bonchev–Trinajstić information content (AvgIpc) is 2.97. The molecular formula is C32H35ClN6O3S. The predicted molar refractivity (Wildman–Crippen MR) is 173 cm³/mol. The minimum absolute atomic E-state index is 0.0166. The Hall–Kier alpha value is -3.73. The van der Waals surface area contributed by atoms with Crippen LogP contribution < -0.4 is 10.6 Å². The van der Waals surface area contributed by atoms with Crippen LogP contribution in [0.3, 0.4) is 0 Å². The van der Waals surface area contributed by atoms with E-state index in [-0.39, 0.29) is 23.9 Å². The molecule has 4 heterocycles. The molecule has 0 saturated carbocycles. The Balaban J connectivity index is 1.84. The molecule has 3 aromatic heterocycles. The van der Waals surface area contributed by atoms with E-state index in [2.05, 4.69) is 16.5 Å². The molecule has 0 spiro atoms. The lowest BCUT2D eigenvalue weighted by molar-refractivity contribution is -0.128. The minimum atomic E-state index is -1.30. The van der Waals surface area contributed by atoms with Crippen LogP contribution in [0.25, 0.3) is 28.0 Å². The highest BCUT2D eigenvalue weighted by atomic mass is 35.5. The van der Waals surface area contributed by atoms with Crippen LogP contribution >= 0.6 is 11.6 Å². The van der Waals surface area contributed by atoms with E-state index in [4.69, 9.17) is 16.6 Å². The third-order valence-electron chi connectivity index (χ3n) is 7.89. The van der Waals surface area contributed by atoms with Crippen molar-refractivity contribution in [3.05, 3.63) is 82.0 Å². The number of carbonyl (C=O) groups excluding carboxylic acids is 1. The Morgan fingerprint density at radius 3 is 2.56 bits per heavy atom. The first-order chi connectivity index (χ1) is 20.4. The zero-order valence-corrected chi connectivity index (χ0v) is 26.7. The Morgan fingerprint density at radius 2 is 1.88 bits per heavy atom. The van der Waals surface area contributed by atoms with Crippen LogP contribution in [0.1, 0.15) is 44.9 Å². The molecule has 224 valence electrons. The number of hydrogen-bond acceptors (Lipinski definition) is 7. The quantitative estimate of drug-likeness (QED) is 0.214. The maximum atomic E-state index is 14.1. The van der Waals surface area contributed by atoms with Gasteiger partial charge in [0.25, 0.3) is 0 Å². The van der Waals surface area contributed by atoms with E-state index in [0.29, 0.717) is 56.8 Å². The van der Waals surface area contributed by atoms with Crippen molar-refractivity contribution in [3.8, 4) is 16.9 Å². The zero-order chi connectivity index (χ0) is 31.2. The highest BCUT2D eigenvalue weighted by Gasteiger charge is 2.34. The van der Waals surface area contributed by atoms with Crippen LogP contribution in [0.5, 0.6) is 0 Å². The van der Waals surface area contributed by atoms with Crippen molar-refractivity contribution in [1.29, 1.82) is 0 Å². The summed E-state index contributed by atoms with van der Waals surface area (Å²) in [5.74, 6) is 0.326. The Morgan fingerprint density at radius 1 is 1.16 bits per heavy atom. The number of anilines is 1. The number of fused-ring (bicyclic) bond motifs is 1. The van der Waals surface area contributed by atoms with Crippen molar-refractivity contribution in [1.82, 2.24) is 24.4 Å². The van der Waals surface area contributed by atoms with Gasteiger partial charge in [-0.3, -0.25) is 9.78 Å². The lowest BCUT2D eigenvalue weighted by Crippen LogP contribution is -2.58. The summed E-state index contributed by atoms with van der Waals surface area (Å²) in [4.78, 5) is 45.4. The average molecular weight is 619 g/mol. The van der Waals surface area contributed by atoms with Gasteiger partial charge in [0.05, 0.1) is 33.0 Å². The van der Waals surface area contributed by atoms with Crippen molar-refractivity contribution in [2.24, 2.45) is 0 Å². The molecule has 0 radical (unpaired) electrons. The van der Waals surface area contributed by atoms with Crippen LogP contribution in [0.4, 0.5) is 5.82 Å². The van der Waals surface area contributed by atoms with E-state index in [9.17, 15) is 14.1 Å². The second-order valence-corrected chi connectivity index (χ2v) is 13.0. The molecule has 11 heteroatoms. The van der Waals surface area contributed by atoms with Crippen LogP contribution in [-0.2, 0) is 16.0 Å². The molecule has 43 heavy (non-hydrogen) atoms. The summed E-state index contributed by atoms with van der Waals surface area (Å²) in [5, 5.41) is 0.927. The summed E-state index contributed by atoms with van der Waals surface area (Å²) >= 11 is 5.65. The third kappa shape index (κ3) is 5.55. The maximum absolute atomic E-state index is 14.1. The molecule has 5 rings (SSSR count). The van der Waals surface area contributed by atoms with Gasteiger partial charge >= 0.3 is 5.69 Å². The molecule has 1 fully saturated rings. The molecule has 1 aromatic carbocycles. The molecule has 1 unspecified atom stereocenters. The van der Waals surface area contributed by atoms with E-state index in [1.165, 1.54) is 10.6 Å². The number of rotatable bonds is 6. The molecule has 3 atom stereocenters. The number of carbonyl (C=O) groups is 1. The molecule has 9 nitrogen and oxygen atoms in total. The Kier molecular flexibility index (Phi) is 8.65. The molecule has 0 bridgehead atoms. The van der Waals surface area contributed by atoms with Crippen molar-refractivity contribution >= 4 is 45.5 Å². The SMILES string of the molecule is C=CC(=O)N1C[C@H](C)N(c2nc(=O)n(-c3c(C)ccnc3C(C)C)c3nc(-c4ccccc4[S+](C)[O-])c(Cl)cc23)C[C@H]1C. The first-order valence-corrected chi connectivity index (χ1v) is 16.1. The van der Waals surface area contributed by atoms with Crippen molar-refractivity contribution in [2.75, 3.05) is 24.2 Å². The van der Waals surface area contributed by atoms with E-state index in [1.807, 2.05) is 63.8 Å². The molecule has 4 aromatic rings. The van der Waals surface area contributed by atoms with Gasteiger partial charge in [0, 0.05) is 31.4 Å². The molecular weight excluding hydrogens is 584 g/mol. The fourth-order valence-corrected chi connectivity index (χ4v) is 6.76.